The number of rotatable bonds is 9. The van der Waals surface area contributed by atoms with Gasteiger partial charge in [-0.1, -0.05) is 20.8 Å². The first-order chi connectivity index (χ1) is 23.9. The van der Waals surface area contributed by atoms with Crippen LogP contribution >= 0.6 is 0 Å². The highest BCUT2D eigenvalue weighted by molar-refractivity contribution is 7.86. The van der Waals surface area contributed by atoms with Crippen molar-refractivity contribution in [2.24, 2.45) is 14.1 Å². The molecule has 7 rings (SSSR count). The molecule has 16 heteroatoms. The number of aryl methyl sites for hydroxylation is 2. The molecule has 274 valence electrons. The number of hydrogen-bond donors (Lipinski definition) is 0. The summed E-state index contributed by atoms with van der Waals surface area (Å²) in [6.45, 7) is 12.8. The van der Waals surface area contributed by atoms with Crippen molar-refractivity contribution in [2.75, 3.05) is 57.1 Å². The highest BCUT2D eigenvalue weighted by Gasteiger charge is 2.44. The van der Waals surface area contributed by atoms with Crippen LogP contribution < -0.4 is 10.6 Å². The molecule has 2 aliphatic heterocycles. The predicted molar refractivity (Wildman–Crippen MR) is 191 cm³/mol. The van der Waals surface area contributed by atoms with Gasteiger partial charge in [0.05, 0.1) is 78.7 Å². The van der Waals surface area contributed by atoms with Crippen molar-refractivity contribution in [3.63, 3.8) is 0 Å². The lowest BCUT2D eigenvalue weighted by Gasteiger charge is -2.48. The van der Waals surface area contributed by atoms with Gasteiger partial charge in [-0.15, -0.1) is 0 Å². The van der Waals surface area contributed by atoms with Crippen molar-refractivity contribution in [3.8, 4) is 16.8 Å². The fourth-order valence-corrected chi connectivity index (χ4v) is 8.20. The number of hydrogen-bond acceptors (Lipinski definition) is 9. The number of imidazole rings is 2. The maximum atomic E-state index is 15.0. The zero-order valence-electron chi connectivity index (χ0n) is 30.0. The first-order valence-corrected chi connectivity index (χ1v) is 18.8. The van der Waals surface area contributed by atoms with Crippen LogP contribution in [0, 0.1) is 0 Å². The molecule has 2 aliphatic rings. The summed E-state index contributed by atoms with van der Waals surface area (Å²) in [6.07, 6.45) is 1.68. The molecule has 0 aliphatic carbocycles. The molecular weight excluding hydrogens is 682 g/mol. The molecule has 0 radical (unpaired) electrons. The van der Waals surface area contributed by atoms with Crippen LogP contribution in [0.1, 0.15) is 45.5 Å². The second-order valence-corrected chi connectivity index (χ2v) is 16.6. The Labute approximate surface area is 295 Å². The third-order valence-corrected chi connectivity index (χ3v) is 10.5. The van der Waals surface area contributed by atoms with Gasteiger partial charge in [-0.05, 0) is 36.8 Å². The van der Waals surface area contributed by atoms with E-state index in [0.29, 0.717) is 70.2 Å². The van der Waals surface area contributed by atoms with E-state index in [1.165, 1.54) is 6.07 Å². The van der Waals surface area contributed by atoms with E-state index in [1.54, 1.807) is 53.3 Å². The van der Waals surface area contributed by atoms with Gasteiger partial charge >= 0.3 is 5.69 Å². The van der Waals surface area contributed by atoms with Gasteiger partial charge < -0.3 is 9.64 Å². The molecule has 3 aromatic heterocycles. The standard InChI is InChI=1S/C35H44F2N8O5S/c1-34(2,3)32-39-26-16-24(22-18-38-44(19-22)9-8-42-10-12-49-13-11-42)25(31(36)37)17-27(26)45(32)23-14-28-30(41(6)33(46)40(28)5)29(15-23)43-20-35(4,21-43)50-51(7,47)48/h14-19,31H,8-13,20-21H2,1-7H3. The Bertz CT molecular complexity index is 2310. The van der Waals surface area contributed by atoms with Crippen LogP contribution in [0.25, 0.3) is 38.9 Å². The van der Waals surface area contributed by atoms with Crippen LogP contribution in [0.15, 0.2) is 41.5 Å². The van der Waals surface area contributed by atoms with Crippen LogP contribution in [-0.2, 0) is 45.1 Å². The van der Waals surface area contributed by atoms with E-state index in [-0.39, 0.29) is 24.3 Å². The van der Waals surface area contributed by atoms with Crippen LogP contribution in [0.5, 0.6) is 0 Å². The third kappa shape index (κ3) is 6.58. The molecule has 0 amide bonds. The highest BCUT2D eigenvalue weighted by atomic mass is 32.2. The Kier molecular flexibility index (Phi) is 8.67. The van der Waals surface area contributed by atoms with Gasteiger partial charge in [0.1, 0.15) is 11.4 Å². The molecule has 0 spiro atoms. The Morgan fingerprint density at radius 2 is 1.73 bits per heavy atom. The molecule has 5 heterocycles. The van der Waals surface area contributed by atoms with Gasteiger partial charge in [0.2, 0.25) is 0 Å². The van der Waals surface area contributed by atoms with E-state index in [2.05, 4.69) is 10.00 Å². The summed E-state index contributed by atoms with van der Waals surface area (Å²) in [4.78, 5) is 22.5. The number of aromatic nitrogens is 6. The highest BCUT2D eigenvalue weighted by Crippen LogP contribution is 2.41. The molecule has 0 saturated carbocycles. The topological polar surface area (TPSA) is 122 Å². The molecule has 5 aromatic rings. The number of benzene rings is 2. The van der Waals surface area contributed by atoms with Gasteiger partial charge in [0.25, 0.3) is 16.5 Å². The van der Waals surface area contributed by atoms with Crippen molar-refractivity contribution in [2.45, 2.75) is 51.7 Å². The molecule has 2 aromatic carbocycles. The first kappa shape index (κ1) is 35.3. The largest absolute Gasteiger partial charge is 0.379 e. The number of alkyl halides is 2. The Balaban J connectivity index is 1.35. The molecule has 2 fully saturated rings. The number of nitrogens with zero attached hydrogens (tertiary/aromatic N) is 8. The van der Waals surface area contributed by atoms with Crippen LogP contribution in [0.4, 0.5) is 14.5 Å². The van der Waals surface area contributed by atoms with E-state index in [0.717, 1.165) is 25.9 Å². The summed E-state index contributed by atoms with van der Waals surface area (Å²) in [6, 6.07) is 7.01. The van der Waals surface area contributed by atoms with Gasteiger partial charge in [-0.2, -0.15) is 13.5 Å². The summed E-state index contributed by atoms with van der Waals surface area (Å²) < 4.78 is 71.5. The second-order valence-electron chi connectivity index (χ2n) is 15.0. The van der Waals surface area contributed by atoms with Crippen molar-refractivity contribution in [1.29, 1.82) is 0 Å². The van der Waals surface area contributed by atoms with Crippen LogP contribution in [0.3, 0.4) is 0 Å². The SMILES string of the molecule is Cn1c(=O)n(C)c2c(N3CC(C)(OS(C)(=O)=O)C3)cc(-n3c(C(C)(C)C)nc4cc(-c5cnn(CCN6CCOCC6)c5)c(C(F)F)cc43)cc21. The minimum absolute atomic E-state index is 0.137. The van der Waals surface area contributed by atoms with E-state index in [4.69, 9.17) is 13.9 Å². The maximum absolute atomic E-state index is 15.0. The zero-order chi connectivity index (χ0) is 36.6. The van der Waals surface area contributed by atoms with Crippen molar-refractivity contribution in [3.05, 3.63) is 58.5 Å². The molecule has 51 heavy (non-hydrogen) atoms. The van der Waals surface area contributed by atoms with E-state index in [1.807, 2.05) is 42.4 Å². The summed E-state index contributed by atoms with van der Waals surface area (Å²) in [5, 5.41) is 4.49. The van der Waals surface area contributed by atoms with Gasteiger partial charge in [0, 0.05) is 56.5 Å². The zero-order valence-corrected chi connectivity index (χ0v) is 30.8. The molecule has 0 atom stereocenters. The summed E-state index contributed by atoms with van der Waals surface area (Å²) >= 11 is 0. The fourth-order valence-electron chi connectivity index (χ4n) is 7.36. The smallest absolute Gasteiger partial charge is 0.328 e. The molecule has 0 unspecified atom stereocenters. The second kappa shape index (κ2) is 12.5. The molecule has 2 saturated heterocycles. The minimum atomic E-state index is -3.70. The Morgan fingerprint density at radius 3 is 2.37 bits per heavy atom. The van der Waals surface area contributed by atoms with Crippen LogP contribution in [-0.4, -0.2) is 99.6 Å². The minimum Gasteiger partial charge on any atom is -0.379 e. The summed E-state index contributed by atoms with van der Waals surface area (Å²) in [5.41, 5.74) is 2.78. The predicted octanol–water partition coefficient (Wildman–Crippen LogP) is 4.20. The van der Waals surface area contributed by atoms with Gasteiger partial charge in [-0.25, -0.2) is 18.6 Å². The lowest BCUT2D eigenvalue weighted by atomic mass is 9.94. The fraction of sp³-hybridized carbons (Fsp3) is 0.514. The average Bonchev–Trinajstić information content (AvgIpc) is 3.73. The number of fused-ring (bicyclic) bond motifs is 2. The Hall–Kier alpha value is -4.12. The third-order valence-electron chi connectivity index (χ3n) is 9.75. The quantitative estimate of drug-likeness (QED) is 0.206. The maximum Gasteiger partial charge on any atom is 0.328 e. The lowest BCUT2D eigenvalue weighted by Crippen LogP contribution is -2.62. The molecule has 13 nitrogen and oxygen atoms in total. The Morgan fingerprint density at radius 1 is 1.02 bits per heavy atom. The molecule has 0 bridgehead atoms. The van der Waals surface area contributed by atoms with E-state index >= 15 is 0 Å². The number of halogens is 2. The van der Waals surface area contributed by atoms with Crippen molar-refractivity contribution < 1.29 is 26.1 Å². The number of morpholine rings is 1. The van der Waals surface area contributed by atoms with Crippen molar-refractivity contribution in [1.82, 2.24) is 33.4 Å². The number of anilines is 1. The summed E-state index contributed by atoms with van der Waals surface area (Å²) in [5.74, 6) is 0.649. The molecular formula is C35H44F2N8O5S. The average molecular weight is 727 g/mol. The monoisotopic (exact) mass is 726 g/mol. The number of ether oxygens (including phenoxy) is 1. The van der Waals surface area contributed by atoms with Gasteiger partial charge in [0.15, 0.2) is 0 Å². The van der Waals surface area contributed by atoms with Crippen LogP contribution in [0.2, 0.25) is 0 Å². The van der Waals surface area contributed by atoms with E-state index in [9.17, 15) is 22.0 Å². The van der Waals surface area contributed by atoms with E-state index < -0.39 is 27.6 Å². The first-order valence-electron chi connectivity index (χ1n) is 17.0. The normalized spacial score (nSPS) is 17.3. The van der Waals surface area contributed by atoms with Gasteiger partial charge in [-0.3, -0.25) is 27.5 Å². The van der Waals surface area contributed by atoms with Crippen molar-refractivity contribution >= 4 is 37.9 Å². The lowest BCUT2D eigenvalue weighted by molar-refractivity contribution is 0.0360. The summed E-state index contributed by atoms with van der Waals surface area (Å²) in [7, 11) is -0.330. The molecule has 0 N–H and O–H groups in total.